The lowest BCUT2D eigenvalue weighted by Crippen LogP contribution is -2.15. The summed E-state index contributed by atoms with van der Waals surface area (Å²) in [6.07, 6.45) is 0. The third-order valence-electron chi connectivity index (χ3n) is 3.81. The van der Waals surface area contributed by atoms with E-state index in [1.54, 1.807) is 18.2 Å². The monoisotopic (exact) mass is 447 g/mol. The number of nitrogens with zero attached hydrogens (tertiary/aromatic N) is 2. The van der Waals surface area contributed by atoms with Crippen molar-refractivity contribution in [1.29, 1.82) is 0 Å². The summed E-state index contributed by atoms with van der Waals surface area (Å²) in [5, 5.41) is 10.4. The number of benzene rings is 2. The number of ether oxygens (including phenoxy) is 1. The van der Waals surface area contributed by atoms with Gasteiger partial charge in [-0.1, -0.05) is 30.0 Å². The summed E-state index contributed by atoms with van der Waals surface area (Å²) in [7, 11) is -3.98. The Morgan fingerprint density at radius 3 is 2.60 bits per heavy atom. The maximum Gasteiger partial charge on any atom is 0.234 e. The number of nitrogens with one attached hydrogen (secondary N) is 1. The second-order valence-corrected chi connectivity index (χ2v) is 8.83. The van der Waals surface area contributed by atoms with Crippen molar-refractivity contribution < 1.29 is 22.3 Å². The molecular formula is C20H18FN3O4S2. The Balaban J connectivity index is 1.63. The number of amides is 1. The highest BCUT2D eigenvalue weighted by Gasteiger charge is 2.20. The third-order valence-corrected chi connectivity index (χ3v) is 6.37. The Hall–Kier alpha value is -2.98. The fraction of sp³-hybridized carbons (Fsp3) is 0.150. The van der Waals surface area contributed by atoms with Gasteiger partial charge in [0.2, 0.25) is 15.7 Å². The van der Waals surface area contributed by atoms with Crippen LogP contribution in [0.4, 0.5) is 10.1 Å². The zero-order valence-corrected chi connectivity index (χ0v) is 17.5. The molecule has 0 aliphatic rings. The van der Waals surface area contributed by atoms with Crippen molar-refractivity contribution in [3.05, 3.63) is 66.5 Å². The molecule has 0 bridgehead atoms. The number of carbonyl (C=O) groups is 1. The van der Waals surface area contributed by atoms with Crippen LogP contribution >= 0.6 is 11.8 Å². The molecule has 3 rings (SSSR count). The van der Waals surface area contributed by atoms with Gasteiger partial charge < -0.3 is 10.1 Å². The Labute approximate surface area is 177 Å². The van der Waals surface area contributed by atoms with Gasteiger partial charge in [-0.3, -0.25) is 4.79 Å². The molecule has 7 nitrogen and oxygen atoms in total. The molecule has 0 atom stereocenters. The van der Waals surface area contributed by atoms with Crippen molar-refractivity contribution in [3.63, 3.8) is 0 Å². The molecule has 0 saturated heterocycles. The van der Waals surface area contributed by atoms with E-state index in [2.05, 4.69) is 15.5 Å². The zero-order valence-electron chi connectivity index (χ0n) is 15.9. The average Bonchev–Trinajstić information content (AvgIpc) is 2.74. The quantitative estimate of drug-likeness (QED) is 0.527. The Morgan fingerprint density at radius 1 is 1.10 bits per heavy atom. The number of hydrogen-bond acceptors (Lipinski definition) is 7. The minimum atomic E-state index is -3.98. The number of carbonyl (C=O) groups excluding carboxylic acids is 1. The highest BCUT2D eigenvalue weighted by atomic mass is 32.2. The summed E-state index contributed by atoms with van der Waals surface area (Å²) in [5.74, 6) is -0.311. The van der Waals surface area contributed by atoms with Gasteiger partial charge in [0.1, 0.15) is 16.6 Å². The van der Waals surface area contributed by atoms with Crippen LogP contribution in [0.15, 0.2) is 75.6 Å². The minimum Gasteiger partial charge on any atom is -0.492 e. The van der Waals surface area contributed by atoms with Gasteiger partial charge in [0.05, 0.1) is 22.9 Å². The van der Waals surface area contributed by atoms with Crippen LogP contribution in [0.3, 0.4) is 0 Å². The second-order valence-electron chi connectivity index (χ2n) is 5.94. The van der Waals surface area contributed by atoms with E-state index in [9.17, 15) is 17.6 Å². The Kier molecular flexibility index (Phi) is 7.01. The van der Waals surface area contributed by atoms with Gasteiger partial charge in [0.15, 0.2) is 5.03 Å². The number of aromatic nitrogens is 2. The lowest BCUT2D eigenvalue weighted by molar-refractivity contribution is -0.113. The van der Waals surface area contributed by atoms with E-state index >= 15 is 0 Å². The summed E-state index contributed by atoms with van der Waals surface area (Å²) in [6, 6.07) is 14.5. The maximum atomic E-state index is 13.3. The number of sulfone groups is 1. The fourth-order valence-electron chi connectivity index (χ4n) is 2.46. The third kappa shape index (κ3) is 5.33. The molecule has 1 N–H and O–H groups in total. The van der Waals surface area contributed by atoms with Crippen LogP contribution in [-0.4, -0.2) is 36.9 Å². The van der Waals surface area contributed by atoms with Gasteiger partial charge in [-0.25, -0.2) is 12.8 Å². The van der Waals surface area contributed by atoms with Crippen molar-refractivity contribution in [1.82, 2.24) is 10.2 Å². The standard InChI is InChI=1S/C20H18FN3O4S2/c1-2-28-17-9-4-3-8-16(17)22-18(25)13-29-19-10-11-20(24-23-19)30(26,27)15-7-5-6-14(21)12-15/h3-12H,2,13H2,1H3,(H,22,25). The van der Waals surface area contributed by atoms with Crippen LogP contribution in [0.25, 0.3) is 0 Å². The predicted molar refractivity (Wildman–Crippen MR) is 111 cm³/mol. The van der Waals surface area contributed by atoms with E-state index in [4.69, 9.17) is 4.74 Å². The first-order chi connectivity index (χ1) is 14.4. The molecule has 0 saturated carbocycles. The summed E-state index contributed by atoms with van der Waals surface area (Å²) < 4.78 is 43.8. The molecule has 156 valence electrons. The van der Waals surface area contributed by atoms with Crippen LogP contribution in [0, 0.1) is 5.82 Å². The zero-order chi connectivity index (χ0) is 21.6. The highest BCUT2D eigenvalue weighted by molar-refractivity contribution is 7.99. The molecule has 1 amide bonds. The van der Waals surface area contributed by atoms with Crippen LogP contribution in [0.2, 0.25) is 0 Å². The molecule has 0 aliphatic heterocycles. The number of para-hydroxylation sites is 2. The molecule has 1 heterocycles. The summed E-state index contributed by atoms with van der Waals surface area (Å²) in [5.41, 5.74) is 0.563. The first-order valence-electron chi connectivity index (χ1n) is 8.89. The van der Waals surface area contributed by atoms with E-state index in [-0.39, 0.29) is 21.6 Å². The van der Waals surface area contributed by atoms with Gasteiger partial charge in [-0.15, -0.1) is 10.2 Å². The number of thioether (sulfide) groups is 1. The number of halogens is 1. The van der Waals surface area contributed by atoms with Crippen LogP contribution < -0.4 is 10.1 Å². The lowest BCUT2D eigenvalue weighted by atomic mass is 10.3. The molecule has 2 aromatic carbocycles. The molecule has 0 spiro atoms. The molecule has 0 aliphatic carbocycles. The molecule has 30 heavy (non-hydrogen) atoms. The molecule has 10 heteroatoms. The number of anilines is 1. The maximum absolute atomic E-state index is 13.3. The highest BCUT2D eigenvalue weighted by Crippen LogP contribution is 2.25. The van der Waals surface area contributed by atoms with Crippen molar-refractivity contribution in [2.24, 2.45) is 0 Å². The first kappa shape index (κ1) is 21.7. The van der Waals surface area contributed by atoms with Crippen LogP contribution in [0.1, 0.15) is 6.92 Å². The van der Waals surface area contributed by atoms with Gasteiger partial charge in [-0.05, 0) is 49.4 Å². The van der Waals surface area contributed by atoms with E-state index in [1.807, 2.05) is 13.0 Å². The van der Waals surface area contributed by atoms with Gasteiger partial charge in [0, 0.05) is 0 Å². The van der Waals surface area contributed by atoms with Gasteiger partial charge in [-0.2, -0.15) is 0 Å². The van der Waals surface area contributed by atoms with E-state index < -0.39 is 15.7 Å². The van der Waals surface area contributed by atoms with E-state index in [0.717, 1.165) is 23.9 Å². The molecule has 0 unspecified atom stereocenters. The number of rotatable bonds is 8. The normalized spacial score (nSPS) is 11.1. The topological polar surface area (TPSA) is 98.2 Å². The van der Waals surface area contributed by atoms with Gasteiger partial charge >= 0.3 is 0 Å². The van der Waals surface area contributed by atoms with Crippen molar-refractivity contribution in [3.8, 4) is 5.75 Å². The predicted octanol–water partition coefficient (Wildman–Crippen LogP) is 3.58. The average molecular weight is 448 g/mol. The molecule has 3 aromatic rings. The molecular weight excluding hydrogens is 429 g/mol. The molecule has 0 radical (unpaired) electrons. The SMILES string of the molecule is CCOc1ccccc1NC(=O)CSc1ccc(S(=O)(=O)c2cccc(F)c2)nn1. The summed E-state index contributed by atoms with van der Waals surface area (Å²) in [4.78, 5) is 12.0. The second kappa shape index (κ2) is 9.68. The molecule has 0 fully saturated rings. The van der Waals surface area contributed by atoms with Crippen LogP contribution in [-0.2, 0) is 14.6 Å². The minimum absolute atomic E-state index is 0.0468. The largest absolute Gasteiger partial charge is 0.492 e. The van der Waals surface area contributed by atoms with Crippen molar-refractivity contribution in [2.45, 2.75) is 21.9 Å². The summed E-state index contributed by atoms with van der Waals surface area (Å²) in [6.45, 7) is 2.33. The summed E-state index contributed by atoms with van der Waals surface area (Å²) >= 11 is 1.10. The molecule has 1 aromatic heterocycles. The Bertz CT molecular complexity index is 1140. The fourth-order valence-corrected chi connectivity index (χ4v) is 4.24. The van der Waals surface area contributed by atoms with E-state index in [0.29, 0.717) is 23.1 Å². The lowest BCUT2D eigenvalue weighted by Gasteiger charge is -2.11. The smallest absolute Gasteiger partial charge is 0.234 e. The van der Waals surface area contributed by atoms with Crippen molar-refractivity contribution >= 4 is 33.2 Å². The van der Waals surface area contributed by atoms with Gasteiger partial charge in [0.25, 0.3) is 0 Å². The first-order valence-corrected chi connectivity index (χ1v) is 11.4. The van der Waals surface area contributed by atoms with Crippen molar-refractivity contribution in [2.75, 3.05) is 17.7 Å². The van der Waals surface area contributed by atoms with Crippen LogP contribution in [0.5, 0.6) is 5.75 Å². The number of hydrogen-bond donors (Lipinski definition) is 1. The van der Waals surface area contributed by atoms with E-state index in [1.165, 1.54) is 24.3 Å². The Morgan fingerprint density at radius 2 is 1.90 bits per heavy atom.